The van der Waals surface area contributed by atoms with Crippen LogP contribution in [0.3, 0.4) is 0 Å². The summed E-state index contributed by atoms with van der Waals surface area (Å²) in [5.74, 6) is 0.639. The van der Waals surface area contributed by atoms with Crippen molar-refractivity contribution in [1.82, 2.24) is 30.0 Å². The van der Waals surface area contributed by atoms with Crippen molar-refractivity contribution in [3.63, 3.8) is 0 Å². The maximum Gasteiger partial charge on any atom is 0.253 e. The lowest BCUT2D eigenvalue weighted by Crippen LogP contribution is -2.47. The second kappa shape index (κ2) is 5.86. The second-order valence-corrected chi connectivity index (χ2v) is 6.06. The van der Waals surface area contributed by atoms with E-state index in [0.717, 1.165) is 32.1 Å². The fourth-order valence-corrected chi connectivity index (χ4v) is 3.11. The molecule has 1 amide bonds. The highest BCUT2D eigenvalue weighted by atomic mass is 16.2. The summed E-state index contributed by atoms with van der Waals surface area (Å²) < 4.78 is 3.41. The van der Waals surface area contributed by atoms with Gasteiger partial charge in [-0.05, 0) is 37.1 Å². The van der Waals surface area contributed by atoms with Gasteiger partial charge in [-0.15, -0.1) is 5.10 Å². The van der Waals surface area contributed by atoms with E-state index in [1.165, 1.54) is 6.33 Å². The largest absolute Gasteiger partial charge is 0.309 e. The number of rotatable bonds is 4. The first-order valence-electron chi connectivity index (χ1n) is 7.72. The molecule has 8 nitrogen and oxygen atoms in total. The molecular weight excluding hydrogens is 282 g/mol. The Balaban J connectivity index is 1.88. The van der Waals surface area contributed by atoms with Crippen molar-refractivity contribution < 1.29 is 4.79 Å². The predicted molar refractivity (Wildman–Crippen MR) is 80.1 cm³/mol. The average molecular weight is 303 g/mol. The van der Waals surface area contributed by atoms with Crippen LogP contribution in [-0.2, 0) is 10.3 Å². The molecule has 1 saturated carbocycles. The highest BCUT2D eigenvalue weighted by Gasteiger charge is 2.43. The number of hydrogen-bond acceptors (Lipinski definition) is 5. The number of tetrazole rings is 1. The van der Waals surface area contributed by atoms with E-state index in [4.69, 9.17) is 0 Å². The molecule has 0 bridgehead atoms. The Morgan fingerprint density at radius 2 is 2.09 bits per heavy atom. The van der Waals surface area contributed by atoms with Crippen LogP contribution in [0.5, 0.6) is 0 Å². The molecule has 1 aliphatic carbocycles. The van der Waals surface area contributed by atoms with Crippen LogP contribution in [0.2, 0.25) is 0 Å². The molecule has 0 aliphatic heterocycles. The third kappa shape index (κ3) is 2.49. The van der Waals surface area contributed by atoms with Gasteiger partial charge >= 0.3 is 0 Å². The molecule has 1 aliphatic rings. The van der Waals surface area contributed by atoms with Crippen LogP contribution >= 0.6 is 0 Å². The summed E-state index contributed by atoms with van der Waals surface area (Å²) in [4.78, 5) is 13.0. The fourth-order valence-electron chi connectivity index (χ4n) is 3.11. The van der Waals surface area contributed by atoms with Crippen LogP contribution in [0.15, 0.2) is 18.6 Å². The molecule has 0 spiro atoms. The summed E-state index contributed by atoms with van der Waals surface area (Å²) in [5, 5.41) is 18.7. The zero-order valence-electron chi connectivity index (χ0n) is 12.9. The quantitative estimate of drug-likeness (QED) is 0.929. The van der Waals surface area contributed by atoms with Crippen LogP contribution in [-0.4, -0.2) is 35.9 Å². The Morgan fingerprint density at radius 3 is 2.73 bits per heavy atom. The molecule has 22 heavy (non-hydrogen) atoms. The van der Waals surface area contributed by atoms with Crippen LogP contribution < -0.4 is 5.32 Å². The third-order valence-electron chi connectivity index (χ3n) is 4.29. The number of nitrogens with zero attached hydrogens (tertiary/aromatic N) is 6. The fraction of sp³-hybridized carbons (Fsp3) is 0.643. The van der Waals surface area contributed by atoms with Crippen LogP contribution in [0, 0.1) is 0 Å². The summed E-state index contributed by atoms with van der Waals surface area (Å²) in [6.07, 6.45) is 7.86. The lowest BCUT2D eigenvalue weighted by molar-refractivity contribution is -0.127. The molecule has 0 atom stereocenters. The molecule has 3 rings (SSSR count). The van der Waals surface area contributed by atoms with Gasteiger partial charge in [0.1, 0.15) is 17.7 Å². The maximum absolute atomic E-state index is 13.0. The van der Waals surface area contributed by atoms with E-state index in [2.05, 4.69) is 25.9 Å². The van der Waals surface area contributed by atoms with Crippen molar-refractivity contribution in [1.29, 1.82) is 0 Å². The van der Waals surface area contributed by atoms with E-state index in [9.17, 15) is 4.79 Å². The van der Waals surface area contributed by atoms with Crippen molar-refractivity contribution >= 4 is 11.7 Å². The minimum atomic E-state index is -0.701. The minimum absolute atomic E-state index is 0.0677. The Labute approximate surface area is 128 Å². The third-order valence-corrected chi connectivity index (χ3v) is 4.29. The van der Waals surface area contributed by atoms with E-state index in [0.29, 0.717) is 5.82 Å². The zero-order chi connectivity index (χ0) is 15.6. The van der Waals surface area contributed by atoms with Crippen molar-refractivity contribution in [3.05, 3.63) is 18.6 Å². The number of carbonyl (C=O) groups is 1. The lowest BCUT2D eigenvalue weighted by Gasteiger charge is -2.35. The standard InChI is InChI=1S/C14H21N7O/c1-11(2)21-12(6-9-16-21)17-13(22)14(7-4-3-5-8-14)20-10-15-18-19-20/h6,9-11H,3-5,7-8H2,1-2H3,(H,17,22). The van der Waals surface area contributed by atoms with Crippen molar-refractivity contribution in [2.45, 2.75) is 57.5 Å². The smallest absolute Gasteiger partial charge is 0.253 e. The number of nitrogens with one attached hydrogen (secondary N) is 1. The van der Waals surface area contributed by atoms with Crippen LogP contribution in [0.25, 0.3) is 0 Å². The first kappa shape index (κ1) is 14.7. The van der Waals surface area contributed by atoms with E-state index >= 15 is 0 Å². The SMILES string of the molecule is CC(C)n1nccc1NC(=O)C1(n2cnnn2)CCCCC1. The Hall–Kier alpha value is -2.25. The number of hydrogen-bond donors (Lipinski definition) is 1. The number of anilines is 1. The lowest BCUT2D eigenvalue weighted by atomic mass is 9.81. The zero-order valence-corrected chi connectivity index (χ0v) is 12.9. The Kier molecular flexibility index (Phi) is 3.91. The molecule has 1 fully saturated rings. The summed E-state index contributed by atoms with van der Waals surface area (Å²) in [5.41, 5.74) is -0.701. The Bertz CT molecular complexity index is 625. The summed E-state index contributed by atoms with van der Waals surface area (Å²) in [6, 6.07) is 1.99. The van der Waals surface area contributed by atoms with E-state index in [1.54, 1.807) is 15.6 Å². The molecule has 8 heteroatoms. The molecule has 0 unspecified atom stereocenters. The normalized spacial score (nSPS) is 17.6. The highest BCUT2D eigenvalue weighted by molar-refractivity contribution is 5.96. The predicted octanol–water partition coefficient (Wildman–Crippen LogP) is 1.75. The first-order valence-corrected chi connectivity index (χ1v) is 7.72. The molecule has 118 valence electrons. The topological polar surface area (TPSA) is 90.5 Å². The van der Waals surface area contributed by atoms with Gasteiger partial charge < -0.3 is 5.32 Å². The average Bonchev–Trinajstić information content (AvgIpc) is 3.19. The van der Waals surface area contributed by atoms with E-state index in [1.807, 2.05) is 19.9 Å². The molecule has 2 aromatic rings. The van der Waals surface area contributed by atoms with Gasteiger partial charge in [-0.1, -0.05) is 19.3 Å². The summed E-state index contributed by atoms with van der Waals surface area (Å²) >= 11 is 0. The van der Waals surface area contributed by atoms with Gasteiger partial charge in [0.05, 0.1) is 6.20 Å². The first-order chi connectivity index (χ1) is 10.6. The van der Waals surface area contributed by atoms with Crippen molar-refractivity contribution in [2.75, 3.05) is 5.32 Å². The van der Waals surface area contributed by atoms with Gasteiger partial charge in [0.25, 0.3) is 5.91 Å². The van der Waals surface area contributed by atoms with Gasteiger partial charge in [0, 0.05) is 12.1 Å². The number of aromatic nitrogens is 6. The molecule has 1 N–H and O–H groups in total. The molecule has 0 aromatic carbocycles. The Morgan fingerprint density at radius 1 is 1.32 bits per heavy atom. The van der Waals surface area contributed by atoms with E-state index < -0.39 is 5.54 Å². The number of amides is 1. The van der Waals surface area contributed by atoms with Gasteiger partial charge in [0.15, 0.2) is 0 Å². The van der Waals surface area contributed by atoms with Crippen molar-refractivity contribution in [2.24, 2.45) is 0 Å². The van der Waals surface area contributed by atoms with Gasteiger partial charge in [-0.25, -0.2) is 9.36 Å². The van der Waals surface area contributed by atoms with E-state index in [-0.39, 0.29) is 11.9 Å². The molecule has 0 saturated heterocycles. The van der Waals surface area contributed by atoms with Crippen LogP contribution in [0.1, 0.15) is 52.0 Å². The molecule has 0 radical (unpaired) electrons. The minimum Gasteiger partial charge on any atom is -0.309 e. The van der Waals surface area contributed by atoms with Crippen molar-refractivity contribution in [3.8, 4) is 0 Å². The summed E-state index contributed by atoms with van der Waals surface area (Å²) in [6.45, 7) is 4.06. The second-order valence-electron chi connectivity index (χ2n) is 6.06. The number of carbonyl (C=O) groups excluding carboxylic acids is 1. The summed E-state index contributed by atoms with van der Waals surface area (Å²) in [7, 11) is 0. The molecular formula is C14H21N7O. The van der Waals surface area contributed by atoms with Gasteiger partial charge in [0.2, 0.25) is 0 Å². The highest BCUT2D eigenvalue weighted by Crippen LogP contribution is 2.35. The van der Waals surface area contributed by atoms with Gasteiger partial charge in [-0.3, -0.25) is 4.79 Å². The maximum atomic E-state index is 13.0. The molecule has 2 heterocycles. The van der Waals surface area contributed by atoms with Gasteiger partial charge in [-0.2, -0.15) is 5.10 Å². The van der Waals surface area contributed by atoms with Crippen LogP contribution in [0.4, 0.5) is 5.82 Å². The monoisotopic (exact) mass is 303 g/mol. The molecule has 2 aromatic heterocycles.